The number of nitrogens with zero attached hydrogens (tertiary/aromatic N) is 1. The van der Waals surface area contributed by atoms with Crippen molar-refractivity contribution in [2.24, 2.45) is 5.92 Å². The number of aromatic nitrogens is 1. The number of benzene rings is 1. The van der Waals surface area contributed by atoms with E-state index in [1.54, 1.807) is 6.20 Å². The lowest BCUT2D eigenvalue weighted by molar-refractivity contribution is 0.213. The molecule has 128 valence electrons. The maximum atomic E-state index is 9.65. The Balaban J connectivity index is 1.85. The standard InChI is InChI=1S/C21H21NO3/c1-13(2)24-20-8-14(12-23)7-16-17(20)10-22-11-18(16)21-9-15-5-3-4-6-19(15)25-21/h3-11,13,15,19,23H,12H2,1-2H3. The van der Waals surface area contributed by atoms with Crippen LogP contribution >= 0.6 is 0 Å². The van der Waals surface area contributed by atoms with Crippen molar-refractivity contribution in [3.8, 4) is 5.75 Å². The molecule has 2 aromatic rings. The van der Waals surface area contributed by atoms with Crippen LogP contribution in [0.4, 0.5) is 0 Å². The molecule has 0 bridgehead atoms. The van der Waals surface area contributed by atoms with E-state index in [0.717, 1.165) is 33.4 Å². The summed E-state index contributed by atoms with van der Waals surface area (Å²) in [6.07, 6.45) is 14.1. The third-order valence-electron chi connectivity index (χ3n) is 4.44. The van der Waals surface area contributed by atoms with Crippen LogP contribution in [-0.2, 0) is 11.3 Å². The SMILES string of the molecule is CC(C)Oc1cc(CO)cc2c(C3=CC4C=CC=CC4O3)cncc12. The smallest absolute Gasteiger partial charge is 0.129 e. The van der Waals surface area contributed by atoms with Gasteiger partial charge in [0.2, 0.25) is 0 Å². The first-order valence-corrected chi connectivity index (χ1v) is 8.57. The average molecular weight is 335 g/mol. The van der Waals surface area contributed by atoms with Crippen LogP contribution in [-0.4, -0.2) is 22.3 Å². The molecular formula is C21H21NO3. The van der Waals surface area contributed by atoms with Gasteiger partial charge in [-0.05, 0) is 49.1 Å². The van der Waals surface area contributed by atoms with Crippen molar-refractivity contribution >= 4 is 16.5 Å². The molecule has 2 unspecified atom stereocenters. The van der Waals surface area contributed by atoms with Crippen molar-refractivity contribution in [3.05, 3.63) is 66.0 Å². The van der Waals surface area contributed by atoms with Gasteiger partial charge in [0, 0.05) is 29.3 Å². The summed E-state index contributed by atoms with van der Waals surface area (Å²) in [5.74, 6) is 1.82. The van der Waals surface area contributed by atoms with Gasteiger partial charge in [-0.3, -0.25) is 4.98 Å². The van der Waals surface area contributed by atoms with Gasteiger partial charge in [-0.2, -0.15) is 0 Å². The number of allylic oxidation sites excluding steroid dienone is 2. The highest BCUT2D eigenvalue weighted by atomic mass is 16.5. The Hall–Kier alpha value is -2.59. The van der Waals surface area contributed by atoms with Crippen molar-refractivity contribution < 1.29 is 14.6 Å². The molecule has 4 nitrogen and oxygen atoms in total. The summed E-state index contributed by atoms with van der Waals surface area (Å²) in [4.78, 5) is 4.40. The Morgan fingerprint density at radius 2 is 2.00 bits per heavy atom. The van der Waals surface area contributed by atoms with Crippen LogP contribution in [0.1, 0.15) is 25.0 Å². The lowest BCUT2D eigenvalue weighted by Crippen LogP contribution is -2.13. The van der Waals surface area contributed by atoms with E-state index in [-0.39, 0.29) is 24.7 Å². The quantitative estimate of drug-likeness (QED) is 0.918. The van der Waals surface area contributed by atoms with E-state index in [9.17, 15) is 5.11 Å². The van der Waals surface area contributed by atoms with E-state index in [0.29, 0.717) is 0 Å². The Kier molecular flexibility index (Phi) is 4.06. The zero-order chi connectivity index (χ0) is 17.4. The molecule has 2 atom stereocenters. The van der Waals surface area contributed by atoms with Crippen LogP contribution in [0.3, 0.4) is 0 Å². The summed E-state index contributed by atoms with van der Waals surface area (Å²) in [6.45, 7) is 3.93. The molecule has 0 fully saturated rings. The molecule has 4 heteroatoms. The van der Waals surface area contributed by atoms with E-state index in [2.05, 4.69) is 23.2 Å². The third-order valence-corrected chi connectivity index (χ3v) is 4.44. The van der Waals surface area contributed by atoms with Gasteiger partial charge in [-0.1, -0.05) is 18.2 Å². The topological polar surface area (TPSA) is 51.6 Å². The zero-order valence-electron chi connectivity index (χ0n) is 14.3. The molecule has 25 heavy (non-hydrogen) atoms. The van der Waals surface area contributed by atoms with Crippen molar-refractivity contribution in [1.29, 1.82) is 0 Å². The normalized spacial score (nSPS) is 21.4. The molecule has 1 N–H and O–H groups in total. The summed E-state index contributed by atoms with van der Waals surface area (Å²) >= 11 is 0. The number of ether oxygens (including phenoxy) is 2. The lowest BCUT2D eigenvalue weighted by Gasteiger charge is -2.17. The number of rotatable bonds is 4. The van der Waals surface area contributed by atoms with E-state index < -0.39 is 0 Å². The third kappa shape index (κ3) is 2.94. The Labute approximate surface area is 147 Å². The van der Waals surface area contributed by atoms with Crippen LogP contribution in [0, 0.1) is 5.92 Å². The first-order valence-electron chi connectivity index (χ1n) is 8.57. The highest BCUT2D eigenvalue weighted by Crippen LogP contribution is 2.38. The van der Waals surface area contributed by atoms with Gasteiger partial charge < -0.3 is 14.6 Å². The second-order valence-corrected chi connectivity index (χ2v) is 6.66. The molecule has 1 aromatic heterocycles. The molecular weight excluding hydrogens is 314 g/mol. The van der Waals surface area contributed by atoms with Crippen LogP contribution < -0.4 is 4.74 Å². The minimum atomic E-state index is -0.0389. The fraction of sp³-hybridized carbons (Fsp3) is 0.286. The minimum Gasteiger partial charge on any atom is -0.490 e. The van der Waals surface area contributed by atoms with Gasteiger partial charge in [0.25, 0.3) is 0 Å². The molecule has 0 spiro atoms. The maximum absolute atomic E-state index is 9.65. The molecule has 0 saturated heterocycles. The van der Waals surface area contributed by atoms with Gasteiger partial charge in [-0.25, -0.2) is 0 Å². The molecule has 4 rings (SSSR count). The van der Waals surface area contributed by atoms with E-state index >= 15 is 0 Å². The van der Waals surface area contributed by atoms with Gasteiger partial charge in [0.15, 0.2) is 0 Å². The highest BCUT2D eigenvalue weighted by Gasteiger charge is 2.28. The molecule has 0 saturated carbocycles. The number of hydrogen-bond donors (Lipinski definition) is 1. The van der Waals surface area contributed by atoms with Crippen molar-refractivity contribution in [3.63, 3.8) is 0 Å². The largest absolute Gasteiger partial charge is 0.490 e. The Morgan fingerprint density at radius 3 is 2.76 bits per heavy atom. The van der Waals surface area contributed by atoms with Crippen molar-refractivity contribution in [1.82, 2.24) is 4.98 Å². The highest BCUT2D eigenvalue weighted by molar-refractivity contribution is 5.96. The maximum Gasteiger partial charge on any atom is 0.129 e. The lowest BCUT2D eigenvalue weighted by atomic mass is 9.98. The molecule has 0 amide bonds. The number of aliphatic hydroxyl groups is 1. The fourth-order valence-electron chi connectivity index (χ4n) is 3.32. The molecule has 0 radical (unpaired) electrons. The van der Waals surface area contributed by atoms with E-state index in [1.807, 2.05) is 44.3 Å². The molecule has 1 aliphatic carbocycles. The van der Waals surface area contributed by atoms with Gasteiger partial charge >= 0.3 is 0 Å². The van der Waals surface area contributed by atoms with Crippen LogP contribution in [0.25, 0.3) is 16.5 Å². The number of hydrogen-bond acceptors (Lipinski definition) is 4. The fourth-order valence-corrected chi connectivity index (χ4v) is 3.32. The van der Waals surface area contributed by atoms with Crippen molar-refractivity contribution in [2.45, 2.75) is 32.7 Å². The van der Waals surface area contributed by atoms with E-state index in [1.165, 1.54) is 0 Å². The first kappa shape index (κ1) is 15.9. The summed E-state index contributed by atoms with van der Waals surface area (Å²) in [5.41, 5.74) is 1.74. The summed E-state index contributed by atoms with van der Waals surface area (Å²) in [7, 11) is 0. The summed E-state index contributed by atoms with van der Waals surface area (Å²) in [6, 6.07) is 3.86. The second kappa shape index (κ2) is 6.37. The van der Waals surface area contributed by atoms with Crippen LogP contribution in [0.2, 0.25) is 0 Å². The number of pyridine rings is 1. The molecule has 2 aliphatic rings. The first-order chi connectivity index (χ1) is 12.2. The average Bonchev–Trinajstić information content (AvgIpc) is 3.04. The van der Waals surface area contributed by atoms with Crippen molar-refractivity contribution in [2.75, 3.05) is 0 Å². The Morgan fingerprint density at radius 1 is 1.16 bits per heavy atom. The predicted molar refractivity (Wildman–Crippen MR) is 98.0 cm³/mol. The molecule has 1 aliphatic heterocycles. The van der Waals surface area contributed by atoms with Gasteiger partial charge in [0.1, 0.15) is 17.6 Å². The molecule has 2 heterocycles. The predicted octanol–water partition coefficient (Wildman–Crippen LogP) is 4.00. The van der Waals surface area contributed by atoms with Gasteiger partial charge in [0.05, 0.1) is 12.7 Å². The van der Waals surface area contributed by atoms with Gasteiger partial charge in [-0.15, -0.1) is 0 Å². The van der Waals surface area contributed by atoms with E-state index in [4.69, 9.17) is 9.47 Å². The minimum absolute atomic E-state index is 0.0389. The monoisotopic (exact) mass is 335 g/mol. The molecule has 1 aromatic carbocycles. The number of fused-ring (bicyclic) bond motifs is 2. The summed E-state index contributed by atoms with van der Waals surface area (Å²) in [5, 5.41) is 11.6. The number of aliphatic hydroxyl groups excluding tert-OH is 1. The second-order valence-electron chi connectivity index (χ2n) is 6.66. The zero-order valence-corrected chi connectivity index (χ0v) is 14.3. The van der Waals surface area contributed by atoms with Crippen LogP contribution in [0.15, 0.2) is 54.9 Å². The summed E-state index contributed by atoms with van der Waals surface area (Å²) < 4.78 is 12.1. The van der Waals surface area contributed by atoms with Crippen LogP contribution in [0.5, 0.6) is 5.75 Å². The Bertz CT molecular complexity index is 895.